The van der Waals surface area contributed by atoms with E-state index in [1.165, 1.54) is 16.5 Å². The first-order valence-corrected chi connectivity index (χ1v) is 5.71. The van der Waals surface area contributed by atoms with Crippen LogP contribution in [0.3, 0.4) is 0 Å². The van der Waals surface area contributed by atoms with Crippen LogP contribution in [0.2, 0.25) is 0 Å². The van der Waals surface area contributed by atoms with E-state index in [-0.39, 0.29) is 0 Å². The lowest BCUT2D eigenvalue weighted by Crippen LogP contribution is -2.05. The van der Waals surface area contributed by atoms with E-state index >= 15 is 0 Å². The van der Waals surface area contributed by atoms with Crippen molar-refractivity contribution in [2.75, 3.05) is 0 Å². The van der Waals surface area contributed by atoms with E-state index in [1.54, 1.807) is 0 Å². The van der Waals surface area contributed by atoms with Crippen LogP contribution in [0.15, 0.2) is 24.4 Å². The molecule has 2 nitrogen and oxygen atoms in total. The molecule has 2 heteroatoms. The van der Waals surface area contributed by atoms with Gasteiger partial charge in [-0.25, -0.2) is 0 Å². The van der Waals surface area contributed by atoms with Gasteiger partial charge in [-0.2, -0.15) is 0 Å². The zero-order valence-corrected chi connectivity index (χ0v) is 10.1. The summed E-state index contributed by atoms with van der Waals surface area (Å²) >= 11 is 0. The number of fused-ring (bicyclic) bond motifs is 1. The van der Waals surface area contributed by atoms with Crippen LogP contribution in [0.1, 0.15) is 36.5 Å². The van der Waals surface area contributed by atoms with Crippen molar-refractivity contribution in [3.8, 4) is 0 Å². The van der Waals surface area contributed by atoms with Crippen LogP contribution in [-0.4, -0.2) is 4.98 Å². The van der Waals surface area contributed by atoms with Crippen molar-refractivity contribution in [2.24, 2.45) is 5.73 Å². The summed E-state index contributed by atoms with van der Waals surface area (Å²) in [5.74, 6) is 0.478. The predicted molar refractivity (Wildman–Crippen MR) is 68.5 cm³/mol. The van der Waals surface area contributed by atoms with Crippen LogP contribution in [0.5, 0.6) is 0 Å². The highest BCUT2D eigenvalue weighted by Gasteiger charge is 2.10. The minimum Gasteiger partial charge on any atom is -0.326 e. The van der Waals surface area contributed by atoms with Crippen LogP contribution in [-0.2, 0) is 6.54 Å². The number of aryl methyl sites for hydroxylation is 1. The monoisotopic (exact) mass is 214 g/mol. The van der Waals surface area contributed by atoms with Crippen molar-refractivity contribution in [1.29, 1.82) is 0 Å². The molecule has 1 aromatic carbocycles. The van der Waals surface area contributed by atoms with E-state index in [0.717, 1.165) is 11.1 Å². The second-order valence-corrected chi connectivity index (χ2v) is 4.58. The Kier molecular flexibility index (Phi) is 2.92. The van der Waals surface area contributed by atoms with Crippen molar-refractivity contribution in [2.45, 2.75) is 33.2 Å². The second kappa shape index (κ2) is 4.22. The van der Waals surface area contributed by atoms with Gasteiger partial charge in [0.2, 0.25) is 0 Å². The fraction of sp³-hybridized carbons (Fsp3) is 0.357. The first-order chi connectivity index (χ1) is 7.63. The molecule has 0 aliphatic carbocycles. The van der Waals surface area contributed by atoms with Crippen LogP contribution in [0.4, 0.5) is 0 Å². The molecule has 0 spiro atoms. The zero-order chi connectivity index (χ0) is 11.7. The Hall–Kier alpha value is -1.41. The third-order valence-corrected chi connectivity index (χ3v) is 2.95. The van der Waals surface area contributed by atoms with Crippen molar-refractivity contribution < 1.29 is 0 Å². The Balaban J connectivity index is 2.79. The van der Waals surface area contributed by atoms with Gasteiger partial charge < -0.3 is 5.73 Å². The summed E-state index contributed by atoms with van der Waals surface area (Å²) in [7, 11) is 0. The normalized spacial score (nSPS) is 11.3. The molecule has 84 valence electrons. The van der Waals surface area contributed by atoms with Gasteiger partial charge >= 0.3 is 0 Å². The van der Waals surface area contributed by atoms with Gasteiger partial charge in [0.15, 0.2) is 0 Å². The number of hydrogen-bond donors (Lipinski definition) is 1. The first-order valence-electron chi connectivity index (χ1n) is 5.71. The maximum atomic E-state index is 5.77. The van der Waals surface area contributed by atoms with Gasteiger partial charge in [0.05, 0.1) is 5.52 Å². The molecular weight excluding hydrogens is 196 g/mol. The number of nitrogens with zero attached hydrogens (tertiary/aromatic N) is 1. The van der Waals surface area contributed by atoms with Crippen LogP contribution < -0.4 is 5.73 Å². The first kappa shape index (κ1) is 11.1. The highest BCUT2D eigenvalue weighted by molar-refractivity contribution is 5.84. The van der Waals surface area contributed by atoms with Crippen molar-refractivity contribution in [3.05, 3.63) is 41.1 Å². The highest BCUT2D eigenvalue weighted by atomic mass is 14.7. The molecule has 0 fully saturated rings. The Labute approximate surface area is 96.5 Å². The summed E-state index contributed by atoms with van der Waals surface area (Å²) in [5, 5.41) is 1.24. The third kappa shape index (κ3) is 1.81. The van der Waals surface area contributed by atoms with E-state index in [4.69, 9.17) is 5.73 Å². The Morgan fingerprint density at radius 2 is 2.06 bits per heavy atom. The molecule has 0 aliphatic rings. The smallest absolute Gasteiger partial charge is 0.0707 e. The number of benzene rings is 1. The maximum absolute atomic E-state index is 5.77. The molecule has 0 atom stereocenters. The second-order valence-electron chi connectivity index (χ2n) is 4.58. The van der Waals surface area contributed by atoms with Gasteiger partial charge in [-0.3, -0.25) is 4.98 Å². The average molecular weight is 214 g/mol. The summed E-state index contributed by atoms with van der Waals surface area (Å²) in [6, 6.07) is 6.42. The van der Waals surface area contributed by atoms with E-state index in [0.29, 0.717) is 12.5 Å². The average Bonchev–Trinajstić information content (AvgIpc) is 2.26. The molecule has 2 rings (SSSR count). The summed E-state index contributed by atoms with van der Waals surface area (Å²) in [5.41, 5.74) is 10.6. The van der Waals surface area contributed by atoms with E-state index in [9.17, 15) is 0 Å². The van der Waals surface area contributed by atoms with Gasteiger partial charge in [-0.05, 0) is 35.6 Å². The number of rotatable bonds is 2. The molecule has 1 heterocycles. The van der Waals surface area contributed by atoms with Crippen LogP contribution >= 0.6 is 0 Å². The number of nitrogens with two attached hydrogens (primary N) is 1. The minimum absolute atomic E-state index is 0.478. The number of aromatic nitrogens is 1. The van der Waals surface area contributed by atoms with Gasteiger partial charge in [-0.1, -0.05) is 26.0 Å². The van der Waals surface area contributed by atoms with Crippen LogP contribution in [0, 0.1) is 6.92 Å². The molecule has 0 unspecified atom stereocenters. The van der Waals surface area contributed by atoms with Gasteiger partial charge in [0.1, 0.15) is 0 Å². The molecule has 0 radical (unpaired) electrons. The molecule has 2 aromatic rings. The molecule has 1 aromatic heterocycles. The van der Waals surface area contributed by atoms with E-state index in [1.807, 2.05) is 6.20 Å². The molecule has 16 heavy (non-hydrogen) atoms. The van der Waals surface area contributed by atoms with Gasteiger partial charge in [0.25, 0.3) is 0 Å². The number of pyridine rings is 1. The van der Waals surface area contributed by atoms with E-state index in [2.05, 4.69) is 44.0 Å². The minimum atomic E-state index is 0.478. The Bertz CT molecular complexity index is 515. The third-order valence-electron chi connectivity index (χ3n) is 2.95. The Morgan fingerprint density at radius 3 is 2.69 bits per heavy atom. The lowest BCUT2D eigenvalue weighted by Gasteiger charge is -2.14. The van der Waals surface area contributed by atoms with Crippen LogP contribution in [0.25, 0.3) is 10.9 Å². The molecule has 0 saturated carbocycles. The topological polar surface area (TPSA) is 38.9 Å². The molecule has 0 bridgehead atoms. The lowest BCUT2D eigenvalue weighted by atomic mass is 9.93. The fourth-order valence-corrected chi connectivity index (χ4v) is 2.21. The summed E-state index contributed by atoms with van der Waals surface area (Å²) < 4.78 is 0. The fourth-order valence-electron chi connectivity index (χ4n) is 2.21. The summed E-state index contributed by atoms with van der Waals surface area (Å²) in [6.07, 6.45) is 1.91. The van der Waals surface area contributed by atoms with Crippen molar-refractivity contribution in [3.63, 3.8) is 0 Å². The van der Waals surface area contributed by atoms with E-state index < -0.39 is 0 Å². The predicted octanol–water partition coefficient (Wildman–Crippen LogP) is 3.13. The Morgan fingerprint density at radius 1 is 1.31 bits per heavy atom. The SMILES string of the molecule is Cc1ccc2c(C(C)C)c(CN)cnc2c1. The molecular formula is C14H18N2. The molecule has 0 saturated heterocycles. The molecule has 0 aliphatic heterocycles. The van der Waals surface area contributed by atoms with Gasteiger partial charge in [0, 0.05) is 18.1 Å². The zero-order valence-electron chi connectivity index (χ0n) is 10.1. The highest BCUT2D eigenvalue weighted by Crippen LogP contribution is 2.27. The standard InChI is InChI=1S/C14H18N2/c1-9(2)14-11(7-15)8-16-13-6-10(3)4-5-12(13)14/h4-6,8-9H,7,15H2,1-3H3. The largest absolute Gasteiger partial charge is 0.326 e. The van der Waals surface area contributed by atoms with Crippen molar-refractivity contribution in [1.82, 2.24) is 4.98 Å². The number of hydrogen-bond acceptors (Lipinski definition) is 2. The quantitative estimate of drug-likeness (QED) is 0.834. The van der Waals surface area contributed by atoms with Gasteiger partial charge in [-0.15, -0.1) is 0 Å². The molecule has 2 N–H and O–H groups in total. The summed E-state index contributed by atoms with van der Waals surface area (Å²) in [4.78, 5) is 4.48. The summed E-state index contributed by atoms with van der Waals surface area (Å²) in [6.45, 7) is 7.05. The molecule has 0 amide bonds. The van der Waals surface area contributed by atoms with Crippen molar-refractivity contribution >= 4 is 10.9 Å². The maximum Gasteiger partial charge on any atom is 0.0707 e. The lowest BCUT2D eigenvalue weighted by molar-refractivity contribution is 0.845.